The van der Waals surface area contributed by atoms with Crippen LogP contribution in [-0.4, -0.2) is 65.4 Å². The van der Waals surface area contributed by atoms with Crippen LogP contribution in [-0.2, 0) is 4.79 Å². The molecule has 2 amide bonds. The molecule has 7 nitrogen and oxygen atoms in total. The third-order valence-electron chi connectivity index (χ3n) is 6.07. The van der Waals surface area contributed by atoms with Crippen LogP contribution in [0.3, 0.4) is 0 Å². The maximum atomic E-state index is 13.2. The van der Waals surface area contributed by atoms with Crippen molar-refractivity contribution >= 4 is 17.5 Å². The summed E-state index contributed by atoms with van der Waals surface area (Å²) in [5.74, 6) is 0.847. The number of amides is 2. The van der Waals surface area contributed by atoms with Crippen molar-refractivity contribution in [2.75, 3.05) is 37.6 Å². The third kappa shape index (κ3) is 3.99. The van der Waals surface area contributed by atoms with Crippen molar-refractivity contribution in [3.05, 3.63) is 48.2 Å². The van der Waals surface area contributed by atoms with E-state index in [1.807, 2.05) is 28.9 Å². The minimum absolute atomic E-state index is 0.00809. The summed E-state index contributed by atoms with van der Waals surface area (Å²) in [5.41, 5.74) is 1.73. The molecule has 2 aromatic heterocycles. The Labute approximate surface area is 171 Å². The molecule has 29 heavy (non-hydrogen) atoms. The number of nitrogens with zero attached hydrogens (tertiary/aromatic N) is 4. The van der Waals surface area contributed by atoms with Crippen molar-refractivity contribution in [1.29, 1.82) is 0 Å². The fourth-order valence-electron chi connectivity index (χ4n) is 4.43. The molecule has 0 aromatic carbocycles. The Hall–Kier alpha value is -2.83. The molecular weight excluding hydrogens is 368 g/mol. The summed E-state index contributed by atoms with van der Waals surface area (Å²) in [4.78, 5) is 36.3. The van der Waals surface area contributed by atoms with E-state index < -0.39 is 0 Å². The lowest BCUT2D eigenvalue weighted by Gasteiger charge is -2.30. The smallest absolute Gasteiger partial charge is 0.257 e. The molecule has 0 N–H and O–H groups in total. The Morgan fingerprint density at radius 2 is 1.90 bits per heavy atom. The predicted octanol–water partition coefficient (Wildman–Crippen LogP) is 2.57. The Morgan fingerprint density at radius 3 is 2.62 bits per heavy atom. The summed E-state index contributed by atoms with van der Waals surface area (Å²) in [6.45, 7) is 7.38. The Morgan fingerprint density at radius 1 is 1.10 bits per heavy atom. The summed E-state index contributed by atoms with van der Waals surface area (Å²) in [5, 5.41) is 0. The monoisotopic (exact) mass is 396 g/mol. The van der Waals surface area contributed by atoms with Crippen molar-refractivity contribution < 1.29 is 14.0 Å². The summed E-state index contributed by atoms with van der Waals surface area (Å²) < 4.78 is 5.30. The van der Waals surface area contributed by atoms with Gasteiger partial charge in [0.2, 0.25) is 5.91 Å². The van der Waals surface area contributed by atoms with Gasteiger partial charge in [-0.2, -0.15) is 0 Å². The van der Waals surface area contributed by atoms with E-state index in [1.165, 1.54) is 0 Å². The van der Waals surface area contributed by atoms with Gasteiger partial charge in [-0.3, -0.25) is 14.6 Å². The van der Waals surface area contributed by atoms with Gasteiger partial charge in [-0.15, -0.1) is 0 Å². The fraction of sp³-hybridized carbons (Fsp3) is 0.500. The van der Waals surface area contributed by atoms with Crippen molar-refractivity contribution in [2.45, 2.75) is 32.7 Å². The molecule has 2 aliphatic heterocycles. The second-order valence-corrected chi connectivity index (χ2v) is 8.01. The summed E-state index contributed by atoms with van der Waals surface area (Å²) in [7, 11) is 0. The third-order valence-corrected chi connectivity index (χ3v) is 6.07. The molecule has 0 bridgehead atoms. The van der Waals surface area contributed by atoms with Crippen LogP contribution in [0.4, 0.5) is 5.69 Å². The minimum Gasteiger partial charge on any atom is -0.469 e. The minimum atomic E-state index is -0.0269. The highest BCUT2D eigenvalue weighted by atomic mass is 16.3. The first kappa shape index (κ1) is 19.5. The molecule has 2 unspecified atom stereocenters. The maximum Gasteiger partial charge on any atom is 0.257 e. The van der Waals surface area contributed by atoms with Gasteiger partial charge >= 0.3 is 0 Å². The molecule has 2 saturated heterocycles. The van der Waals surface area contributed by atoms with E-state index in [0.29, 0.717) is 31.0 Å². The largest absolute Gasteiger partial charge is 0.469 e. The van der Waals surface area contributed by atoms with Gasteiger partial charge in [0.05, 0.1) is 17.7 Å². The van der Waals surface area contributed by atoms with E-state index in [1.54, 1.807) is 31.6 Å². The first-order valence-corrected chi connectivity index (χ1v) is 10.3. The molecule has 0 aliphatic carbocycles. The number of furan rings is 1. The highest BCUT2D eigenvalue weighted by molar-refractivity contribution is 5.95. The molecule has 0 saturated carbocycles. The molecule has 2 aliphatic rings. The van der Waals surface area contributed by atoms with Gasteiger partial charge in [0.25, 0.3) is 5.91 Å². The number of hydrogen-bond acceptors (Lipinski definition) is 5. The summed E-state index contributed by atoms with van der Waals surface area (Å²) in [6.07, 6.45) is 6.78. The normalized spacial score (nSPS) is 22.6. The van der Waals surface area contributed by atoms with Crippen LogP contribution >= 0.6 is 0 Å². The zero-order valence-electron chi connectivity index (χ0n) is 17.1. The Bertz CT molecular complexity index is 866. The molecule has 154 valence electrons. The van der Waals surface area contributed by atoms with Crippen LogP contribution in [0.1, 0.15) is 35.9 Å². The number of carbonyl (C=O) groups is 2. The van der Waals surface area contributed by atoms with E-state index in [4.69, 9.17) is 4.42 Å². The van der Waals surface area contributed by atoms with E-state index in [2.05, 4.69) is 9.88 Å². The highest BCUT2D eigenvalue weighted by Gasteiger charge is 2.35. The molecular formula is C22H28N4O3. The average Bonchev–Trinajstić information content (AvgIpc) is 3.34. The van der Waals surface area contributed by atoms with Crippen LogP contribution < -0.4 is 4.90 Å². The number of hydrogen-bond donors (Lipinski definition) is 0. The van der Waals surface area contributed by atoms with Crippen LogP contribution in [0, 0.1) is 12.8 Å². The van der Waals surface area contributed by atoms with Crippen molar-refractivity contribution in [3.63, 3.8) is 0 Å². The van der Waals surface area contributed by atoms with E-state index in [0.717, 1.165) is 31.6 Å². The van der Waals surface area contributed by atoms with Crippen LogP contribution in [0.5, 0.6) is 0 Å². The van der Waals surface area contributed by atoms with E-state index in [-0.39, 0.29) is 23.8 Å². The molecule has 0 radical (unpaired) electrons. The predicted molar refractivity (Wildman–Crippen MR) is 110 cm³/mol. The molecule has 2 aromatic rings. The molecule has 7 heteroatoms. The zero-order chi connectivity index (χ0) is 20.4. The maximum absolute atomic E-state index is 13.2. The van der Waals surface area contributed by atoms with Crippen molar-refractivity contribution in [1.82, 2.24) is 14.8 Å². The van der Waals surface area contributed by atoms with Crippen LogP contribution in [0.15, 0.2) is 41.3 Å². The molecule has 2 atom stereocenters. The van der Waals surface area contributed by atoms with Gasteiger partial charge in [0.15, 0.2) is 0 Å². The van der Waals surface area contributed by atoms with Gasteiger partial charge in [-0.1, -0.05) is 0 Å². The van der Waals surface area contributed by atoms with Gasteiger partial charge in [-0.05, 0) is 44.9 Å². The summed E-state index contributed by atoms with van der Waals surface area (Å²) >= 11 is 0. The first-order chi connectivity index (χ1) is 14.0. The standard InChI is InChI=1S/C22H28N4O3/c1-16-14-25(10-3-11-26(16)22(28)20-7-13-29-17(20)2)21(27)18-6-12-24(15-18)19-4-8-23-9-5-19/h4-5,7-9,13,16,18H,3,6,10-12,14-15H2,1-2H3. The fourth-order valence-corrected chi connectivity index (χ4v) is 4.43. The average molecular weight is 396 g/mol. The second-order valence-electron chi connectivity index (χ2n) is 8.01. The van der Waals surface area contributed by atoms with E-state index >= 15 is 0 Å². The quantitative estimate of drug-likeness (QED) is 0.798. The lowest BCUT2D eigenvalue weighted by molar-refractivity contribution is -0.135. The van der Waals surface area contributed by atoms with Gasteiger partial charge in [0, 0.05) is 56.8 Å². The number of aromatic nitrogens is 1. The summed E-state index contributed by atoms with van der Waals surface area (Å²) in [6, 6.07) is 5.68. The first-order valence-electron chi connectivity index (χ1n) is 10.3. The molecule has 4 heterocycles. The number of anilines is 1. The van der Waals surface area contributed by atoms with Gasteiger partial charge < -0.3 is 19.1 Å². The lowest BCUT2D eigenvalue weighted by Crippen LogP contribution is -2.45. The van der Waals surface area contributed by atoms with Crippen molar-refractivity contribution in [3.8, 4) is 0 Å². The second kappa shape index (κ2) is 8.27. The topological polar surface area (TPSA) is 69.9 Å². The lowest BCUT2D eigenvalue weighted by atomic mass is 10.1. The Kier molecular flexibility index (Phi) is 5.56. The van der Waals surface area contributed by atoms with E-state index in [9.17, 15) is 9.59 Å². The number of pyridine rings is 1. The number of rotatable bonds is 3. The molecule has 2 fully saturated rings. The molecule has 0 spiro atoms. The van der Waals surface area contributed by atoms with Crippen LogP contribution in [0.2, 0.25) is 0 Å². The SMILES string of the molecule is Cc1occc1C(=O)N1CCCN(C(=O)C2CCN(c3ccncc3)C2)CC1C. The number of aryl methyl sites for hydroxylation is 1. The highest BCUT2D eigenvalue weighted by Crippen LogP contribution is 2.26. The Balaban J connectivity index is 1.39. The zero-order valence-corrected chi connectivity index (χ0v) is 17.1. The van der Waals surface area contributed by atoms with Gasteiger partial charge in [0.1, 0.15) is 5.76 Å². The van der Waals surface area contributed by atoms with Gasteiger partial charge in [-0.25, -0.2) is 0 Å². The number of carbonyl (C=O) groups excluding carboxylic acids is 2. The van der Waals surface area contributed by atoms with Crippen LogP contribution in [0.25, 0.3) is 0 Å². The molecule has 4 rings (SSSR count). The van der Waals surface area contributed by atoms with Crippen molar-refractivity contribution in [2.24, 2.45) is 5.92 Å².